The fourth-order valence-corrected chi connectivity index (χ4v) is 6.10. The summed E-state index contributed by atoms with van der Waals surface area (Å²) in [4.78, 5) is 80.6. The lowest BCUT2D eigenvalue weighted by Gasteiger charge is -2.52. The molecule has 0 bridgehead atoms. The number of rotatable bonds is 4. The summed E-state index contributed by atoms with van der Waals surface area (Å²) in [5.74, 6) is -11.3. The average molecular weight is 512 g/mol. The van der Waals surface area contributed by atoms with E-state index < -0.39 is 64.4 Å². The van der Waals surface area contributed by atoms with Gasteiger partial charge >= 0.3 is 0 Å². The number of hydrogen-bond acceptors (Lipinski definition) is 9. The molecule has 0 saturated heterocycles. The number of likely N-dealkylation sites (N-methyl/N-ethyl adjacent to an activating group) is 2. The Balaban J connectivity index is 1.84. The SMILES string of the molecule is CN(C)C(=O)/C=C/c1ccc(O)c2c1CC1CC3C(N(C)C)C(=O)C(C(N)=O)C(=O)C3(O)C(=O)C1C2=O. The molecule has 6 unspecified atom stereocenters. The number of nitrogens with zero attached hydrogens (tertiary/aromatic N) is 2. The van der Waals surface area contributed by atoms with E-state index in [1.165, 1.54) is 42.1 Å². The fourth-order valence-electron chi connectivity index (χ4n) is 6.10. The van der Waals surface area contributed by atoms with Crippen LogP contribution in [0, 0.1) is 23.7 Å². The monoisotopic (exact) mass is 511 g/mol. The van der Waals surface area contributed by atoms with Gasteiger partial charge in [0.2, 0.25) is 11.8 Å². The van der Waals surface area contributed by atoms with Crippen molar-refractivity contribution in [2.45, 2.75) is 24.5 Å². The van der Waals surface area contributed by atoms with Crippen molar-refractivity contribution in [1.29, 1.82) is 0 Å². The van der Waals surface area contributed by atoms with Crippen molar-refractivity contribution in [3.05, 3.63) is 34.9 Å². The molecular formula is C26H29N3O8. The van der Waals surface area contributed by atoms with Crippen LogP contribution in [0.25, 0.3) is 6.08 Å². The number of amides is 2. The summed E-state index contributed by atoms with van der Waals surface area (Å²) in [7, 11) is 6.21. The third-order valence-electron chi connectivity index (χ3n) is 7.83. The number of hydrogen-bond donors (Lipinski definition) is 3. The van der Waals surface area contributed by atoms with Crippen molar-refractivity contribution in [1.82, 2.24) is 9.80 Å². The molecule has 37 heavy (non-hydrogen) atoms. The molecule has 1 aromatic carbocycles. The molecule has 0 aromatic heterocycles. The zero-order valence-corrected chi connectivity index (χ0v) is 20.9. The number of fused-ring (bicyclic) bond motifs is 3. The van der Waals surface area contributed by atoms with Gasteiger partial charge in [-0.2, -0.15) is 0 Å². The van der Waals surface area contributed by atoms with Crippen LogP contribution in [0.5, 0.6) is 5.75 Å². The Morgan fingerprint density at radius 2 is 1.73 bits per heavy atom. The van der Waals surface area contributed by atoms with E-state index in [0.717, 1.165) is 0 Å². The van der Waals surface area contributed by atoms with Gasteiger partial charge in [-0.25, -0.2) is 0 Å². The van der Waals surface area contributed by atoms with Crippen LogP contribution in [-0.2, 0) is 30.4 Å². The number of aromatic hydroxyl groups is 1. The molecule has 2 fully saturated rings. The highest BCUT2D eigenvalue weighted by Crippen LogP contribution is 2.51. The van der Waals surface area contributed by atoms with Gasteiger partial charge in [0.1, 0.15) is 5.75 Å². The van der Waals surface area contributed by atoms with Gasteiger partial charge < -0.3 is 20.8 Å². The van der Waals surface area contributed by atoms with Crippen molar-refractivity contribution in [2.24, 2.45) is 29.4 Å². The number of ketones is 4. The summed E-state index contributed by atoms with van der Waals surface area (Å²) in [6.07, 6.45) is 2.91. The van der Waals surface area contributed by atoms with Crippen LogP contribution in [0.2, 0.25) is 0 Å². The van der Waals surface area contributed by atoms with Gasteiger partial charge in [0.05, 0.1) is 17.5 Å². The van der Waals surface area contributed by atoms with Gasteiger partial charge in [0, 0.05) is 26.1 Å². The van der Waals surface area contributed by atoms with Crippen LogP contribution in [0.3, 0.4) is 0 Å². The first-order chi connectivity index (χ1) is 17.2. The van der Waals surface area contributed by atoms with Crippen molar-refractivity contribution < 1.29 is 39.0 Å². The number of phenols is 1. The Kier molecular flexibility index (Phi) is 6.41. The highest BCUT2D eigenvalue weighted by molar-refractivity contribution is 6.32. The highest BCUT2D eigenvalue weighted by atomic mass is 16.3. The standard InChI is InChI=1S/C26H29N3O8/c1-28(2)16(31)8-6-11-5-7-15(30)18-13(11)9-12-10-14-20(29(3)4)22(33)19(25(27)36)24(35)26(14,37)23(34)17(12)21(18)32/h5-8,12,14,17,19-20,30,37H,9-10H2,1-4H3,(H2,27,36)/b8-6+. The topological polar surface area (TPSA) is 175 Å². The molecule has 196 valence electrons. The lowest BCUT2D eigenvalue weighted by atomic mass is 9.52. The van der Waals surface area contributed by atoms with Crippen molar-refractivity contribution in [3.8, 4) is 5.75 Å². The van der Waals surface area contributed by atoms with Crippen LogP contribution in [0.1, 0.15) is 27.9 Å². The first kappa shape index (κ1) is 26.4. The summed E-state index contributed by atoms with van der Waals surface area (Å²) in [6.45, 7) is 0. The third kappa shape index (κ3) is 3.80. The van der Waals surface area contributed by atoms with E-state index in [0.29, 0.717) is 11.1 Å². The molecule has 1 aromatic rings. The molecule has 4 rings (SSSR count). The minimum Gasteiger partial charge on any atom is -0.507 e. The summed E-state index contributed by atoms with van der Waals surface area (Å²) in [5.41, 5.74) is 3.35. The van der Waals surface area contributed by atoms with E-state index in [4.69, 9.17) is 5.73 Å². The normalized spacial score (nSPS) is 31.2. The lowest BCUT2D eigenvalue weighted by Crippen LogP contribution is -2.74. The zero-order valence-electron chi connectivity index (χ0n) is 20.9. The van der Waals surface area contributed by atoms with Gasteiger partial charge in [-0.05, 0) is 56.1 Å². The second kappa shape index (κ2) is 9.00. The molecule has 11 nitrogen and oxygen atoms in total. The van der Waals surface area contributed by atoms with Gasteiger partial charge in [0.15, 0.2) is 34.7 Å². The molecule has 0 aliphatic heterocycles. The highest BCUT2D eigenvalue weighted by Gasteiger charge is 2.69. The largest absolute Gasteiger partial charge is 0.507 e. The Morgan fingerprint density at radius 3 is 2.30 bits per heavy atom. The molecule has 4 N–H and O–H groups in total. The fraction of sp³-hybridized carbons (Fsp3) is 0.462. The molecular weight excluding hydrogens is 482 g/mol. The number of nitrogens with two attached hydrogens (primary N) is 1. The Labute approximate surface area is 212 Å². The summed E-state index contributed by atoms with van der Waals surface area (Å²) in [5, 5.41) is 22.1. The predicted octanol–water partition coefficient (Wildman–Crippen LogP) is -1.03. The summed E-state index contributed by atoms with van der Waals surface area (Å²) in [6, 6.07) is 1.66. The van der Waals surface area contributed by atoms with Gasteiger partial charge in [0.25, 0.3) is 0 Å². The minimum atomic E-state index is -2.76. The second-order valence-corrected chi connectivity index (χ2v) is 10.4. The maximum Gasteiger partial charge on any atom is 0.246 e. The van der Waals surface area contributed by atoms with Gasteiger partial charge in [-0.3, -0.25) is 33.7 Å². The van der Waals surface area contributed by atoms with Crippen molar-refractivity contribution >= 4 is 41.0 Å². The number of benzene rings is 1. The number of aliphatic hydroxyl groups is 1. The average Bonchev–Trinajstić information content (AvgIpc) is 2.80. The molecule has 3 aliphatic carbocycles. The first-order valence-electron chi connectivity index (χ1n) is 11.8. The number of phenolic OH excluding ortho intramolecular Hbond substituents is 1. The minimum absolute atomic E-state index is 0.0423. The molecule has 0 spiro atoms. The van der Waals surface area contributed by atoms with Gasteiger partial charge in [-0.15, -0.1) is 0 Å². The Bertz CT molecular complexity index is 1280. The number of carbonyl (C=O) groups excluding carboxylic acids is 6. The number of carbonyl (C=O) groups is 6. The van der Waals surface area contributed by atoms with E-state index in [1.54, 1.807) is 20.2 Å². The van der Waals surface area contributed by atoms with E-state index >= 15 is 0 Å². The quantitative estimate of drug-likeness (QED) is 0.337. The number of primary amides is 1. The predicted molar refractivity (Wildman–Crippen MR) is 129 cm³/mol. The second-order valence-electron chi connectivity index (χ2n) is 10.4. The third-order valence-corrected chi connectivity index (χ3v) is 7.83. The van der Waals surface area contributed by atoms with Crippen LogP contribution < -0.4 is 5.73 Å². The molecule has 0 heterocycles. The van der Waals surface area contributed by atoms with Crippen LogP contribution in [-0.4, -0.2) is 94.8 Å². The first-order valence-corrected chi connectivity index (χ1v) is 11.8. The molecule has 3 aliphatic rings. The maximum absolute atomic E-state index is 13.8. The summed E-state index contributed by atoms with van der Waals surface area (Å²) < 4.78 is 0. The Morgan fingerprint density at radius 1 is 1.08 bits per heavy atom. The van der Waals surface area contributed by atoms with Crippen LogP contribution >= 0.6 is 0 Å². The molecule has 2 amide bonds. The molecule has 11 heteroatoms. The molecule has 6 atom stereocenters. The van der Waals surface area contributed by atoms with E-state index in [1.807, 2.05) is 0 Å². The molecule has 2 saturated carbocycles. The van der Waals surface area contributed by atoms with E-state index in [9.17, 15) is 39.0 Å². The lowest BCUT2D eigenvalue weighted by molar-refractivity contribution is -0.181. The van der Waals surface area contributed by atoms with Crippen molar-refractivity contribution in [3.63, 3.8) is 0 Å². The zero-order chi connectivity index (χ0) is 27.6. The van der Waals surface area contributed by atoms with Crippen LogP contribution in [0.4, 0.5) is 0 Å². The maximum atomic E-state index is 13.8. The molecule has 0 radical (unpaired) electrons. The van der Waals surface area contributed by atoms with E-state index in [2.05, 4.69) is 0 Å². The van der Waals surface area contributed by atoms with Crippen LogP contribution in [0.15, 0.2) is 18.2 Å². The smallest absolute Gasteiger partial charge is 0.246 e. The van der Waals surface area contributed by atoms with Gasteiger partial charge in [-0.1, -0.05) is 6.07 Å². The summed E-state index contributed by atoms with van der Waals surface area (Å²) >= 11 is 0. The Hall–Kier alpha value is -3.70. The van der Waals surface area contributed by atoms with Crippen molar-refractivity contribution in [2.75, 3.05) is 28.2 Å². The van der Waals surface area contributed by atoms with E-state index in [-0.39, 0.29) is 30.1 Å². The number of Topliss-reactive ketones (excluding diaryl/α,β-unsaturated/α-hetero) is 4.